The van der Waals surface area contributed by atoms with Gasteiger partial charge in [-0.25, -0.2) is 5.43 Å². The average molecular weight is 290 g/mol. The van der Waals surface area contributed by atoms with Gasteiger partial charge < -0.3 is 14.9 Å². The fourth-order valence-electron chi connectivity index (χ4n) is 2.13. The summed E-state index contributed by atoms with van der Waals surface area (Å²) in [6.45, 7) is 4.91. The van der Waals surface area contributed by atoms with Crippen molar-refractivity contribution in [3.63, 3.8) is 0 Å². The number of nitrogens with one attached hydrogen (secondary N) is 1. The zero-order valence-corrected chi connectivity index (χ0v) is 12.3. The van der Waals surface area contributed by atoms with E-state index >= 15 is 0 Å². The second-order valence-electron chi connectivity index (χ2n) is 5.28. The second-order valence-corrected chi connectivity index (χ2v) is 5.28. The molecule has 0 radical (unpaired) electrons. The molecular weight excluding hydrogens is 268 g/mol. The van der Waals surface area contributed by atoms with Crippen LogP contribution < -0.4 is 5.43 Å². The molecule has 1 aromatic carbocycles. The van der Waals surface area contributed by atoms with Crippen LogP contribution >= 0.6 is 0 Å². The van der Waals surface area contributed by atoms with Crippen molar-refractivity contribution in [3.8, 4) is 5.75 Å². The molecule has 0 spiro atoms. The Balaban J connectivity index is 1.66. The maximum atomic E-state index is 11.7. The van der Waals surface area contributed by atoms with Crippen molar-refractivity contribution in [1.29, 1.82) is 0 Å². The molecule has 6 nitrogen and oxygen atoms in total. The molecule has 1 aliphatic heterocycles. The summed E-state index contributed by atoms with van der Waals surface area (Å²) < 4.78 is 0. The zero-order valence-electron chi connectivity index (χ0n) is 12.3. The molecule has 0 aliphatic carbocycles. The lowest BCUT2D eigenvalue weighted by molar-refractivity contribution is -0.121. The number of piperazine rings is 1. The molecule has 21 heavy (non-hydrogen) atoms. The summed E-state index contributed by atoms with van der Waals surface area (Å²) in [7, 11) is 2.11. The van der Waals surface area contributed by atoms with E-state index < -0.39 is 0 Å². The number of carbonyl (C=O) groups excluding carboxylic acids is 1. The van der Waals surface area contributed by atoms with Gasteiger partial charge >= 0.3 is 0 Å². The highest BCUT2D eigenvalue weighted by molar-refractivity contribution is 5.82. The molecule has 1 aromatic rings. The van der Waals surface area contributed by atoms with Crippen LogP contribution in [0.15, 0.2) is 29.4 Å². The van der Waals surface area contributed by atoms with Gasteiger partial charge in [0.25, 0.3) is 0 Å². The second kappa shape index (κ2) is 7.75. The van der Waals surface area contributed by atoms with Crippen LogP contribution in [-0.4, -0.2) is 66.8 Å². The lowest BCUT2D eigenvalue weighted by Crippen LogP contribution is -2.45. The Morgan fingerprint density at radius 2 is 1.95 bits per heavy atom. The summed E-state index contributed by atoms with van der Waals surface area (Å²) in [6, 6.07) is 6.62. The summed E-state index contributed by atoms with van der Waals surface area (Å²) in [5.41, 5.74) is 3.35. The number of phenolic OH excluding ortho intramolecular Hbond substituents is 1. The Kier molecular flexibility index (Phi) is 5.71. The molecule has 2 rings (SSSR count). The summed E-state index contributed by atoms with van der Waals surface area (Å²) in [6.07, 6.45) is 2.02. The van der Waals surface area contributed by atoms with Crippen molar-refractivity contribution >= 4 is 12.1 Å². The quantitative estimate of drug-likeness (QED) is 0.611. The molecule has 0 aromatic heterocycles. The first-order valence-electron chi connectivity index (χ1n) is 7.15. The Hall–Kier alpha value is -1.92. The number of aromatic hydroxyl groups is 1. The molecule has 0 bridgehead atoms. The Morgan fingerprint density at radius 3 is 2.62 bits per heavy atom. The highest BCUT2D eigenvalue weighted by Crippen LogP contribution is 2.07. The van der Waals surface area contributed by atoms with E-state index in [4.69, 9.17) is 5.11 Å². The summed E-state index contributed by atoms with van der Waals surface area (Å²) in [5.74, 6) is 0.132. The predicted octanol–water partition coefficient (Wildman–Crippen LogP) is 0.480. The summed E-state index contributed by atoms with van der Waals surface area (Å²) in [5, 5.41) is 13.1. The van der Waals surface area contributed by atoms with Crippen molar-refractivity contribution in [2.75, 3.05) is 39.8 Å². The van der Waals surface area contributed by atoms with E-state index in [2.05, 4.69) is 27.4 Å². The third kappa shape index (κ3) is 5.53. The smallest absolute Gasteiger partial charge is 0.241 e. The first kappa shape index (κ1) is 15.5. The lowest BCUT2D eigenvalue weighted by atomic mass is 10.2. The number of likely N-dealkylation sites (N-methyl/N-ethyl adjacent to an activating group) is 1. The summed E-state index contributed by atoms with van der Waals surface area (Å²) >= 11 is 0. The molecule has 0 atom stereocenters. The van der Waals surface area contributed by atoms with Gasteiger partial charge in [0.05, 0.1) is 6.21 Å². The van der Waals surface area contributed by atoms with E-state index in [1.165, 1.54) is 0 Å². The van der Waals surface area contributed by atoms with Crippen molar-refractivity contribution in [3.05, 3.63) is 29.8 Å². The molecule has 1 aliphatic rings. The van der Waals surface area contributed by atoms with Gasteiger partial charge in [0, 0.05) is 39.1 Å². The standard InChI is InChI=1S/C15H22N4O2/c1-18-8-10-19(11-9-18)7-6-15(21)17-16-12-13-2-4-14(20)5-3-13/h2-5,12,20H,6-11H2,1H3,(H,17,21). The van der Waals surface area contributed by atoms with E-state index in [0.29, 0.717) is 6.42 Å². The molecule has 114 valence electrons. The number of nitrogens with zero attached hydrogens (tertiary/aromatic N) is 3. The predicted molar refractivity (Wildman–Crippen MR) is 82.4 cm³/mol. The minimum Gasteiger partial charge on any atom is -0.508 e. The van der Waals surface area contributed by atoms with Crippen LogP contribution in [0.25, 0.3) is 0 Å². The van der Waals surface area contributed by atoms with Crippen LogP contribution in [0.3, 0.4) is 0 Å². The third-order valence-corrected chi connectivity index (χ3v) is 3.55. The van der Waals surface area contributed by atoms with E-state index in [1.807, 2.05) is 0 Å². The molecular formula is C15H22N4O2. The number of rotatable bonds is 5. The molecule has 1 saturated heterocycles. The van der Waals surface area contributed by atoms with Crippen LogP contribution in [-0.2, 0) is 4.79 Å². The van der Waals surface area contributed by atoms with Crippen LogP contribution in [0.4, 0.5) is 0 Å². The number of carbonyl (C=O) groups is 1. The lowest BCUT2D eigenvalue weighted by Gasteiger charge is -2.32. The van der Waals surface area contributed by atoms with Crippen LogP contribution in [0.2, 0.25) is 0 Å². The average Bonchev–Trinajstić information content (AvgIpc) is 2.49. The first-order valence-corrected chi connectivity index (χ1v) is 7.15. The van der Waals surface area contributed by atoms with Crippen LogP contribution in [0.1, 0.15) is 12.0 Å². The van der Waals surface area contributed by atoms with Crippen molar-refractivity contribution < 1.29 is 9.90 Å². The fourth-order valence-corrected chi connectivity index (χ4v) is 2.13. The highest BCUT2D eigenvalue weighted by Gasteiger charge is 2.14. The largest absolute Gasteiger partial charge is 0.508 e. The Labute approximate surface area is 125 Å². The minimum absolute atomic E-state index is 0.0797. The van der Waals surface area contributed by atoms with Gasteiger partial charge in [0.1, 0.15) is 5.75 Å². The van der Waals surface area contributed by atoms with E-state index in [0.717, 1.165) is 38.3 Å². The van der Waals surface area contributed by atoms with E-state index in [9.17, 15) is 4.79 Å². The minimum atomic E-state index is -0.0797. The number of hydrogen-bond acceptors (Lipinski definition) is 5. The molecule has 2 N–H and O–H groups in total. The van der Waals surface area contributed by atoms with Gasteiger partial charge in [0.2, 0.25) is 5.91 Å². The molecule has 0 saturated carbocycles. The number of phenols is 1. The van der Waals surface area contributed by atoms with E-state index in [-0.39, 0.29) is 11.7 Å². The van der Waals surface area contributed by atoms with Crippen LogP contribution in [0, 0.1) is 0 Å². The van der Waals surface area contributed by atoms with Gasteiger partial charge in [-0.2, -0.15) is 5.10 Å². The van der Waals surface area contributed by atoms with E-state index in [1.54, 1.807) is 30.5 Å². The number of hydrazone groups is 1. The highest BCUT2D eigenvalue weighted by atomic mass is 16.3. The van der Waals surface area contributed by atoms with Gasteiger partial charge in [0.15, 0.2) is 0 Å². The maximum Gasteiger partial charge on any atom is 0.241 e. The SMILES string of the molecule is CN1CCN(CCC(=O)NN=Cc2ccc(O)cc2)CC1. The van der Waals surface area contributed by atoms with Crippen LogP contribution in [0.5, 0.6) is 5.75 Å². The molecule has 0 unspecified atom stereocenters. The van der Waals surface area contributed by atoms with Gasteiger partial charge in [-0.15, -0.1) is 0 Å². The molecule has 1 fully saturated rings. The maximum absolute atomic E-state index is 11.7. The molecule has 1 heterocycles. The number of benzene rings is 1. The molecule has 1 amide bonds. The van der Waals surface area contributed by atoms with Gasteiger partial charge in [-0.05, 0) is 36.9 Å². The Bertz CT molecular complexity index is 479. The number of hydrogen-bond donors (Lipinski definition) is 2. The third-order valence-electron chi connectivity index (χ3n) is 3.55. The monoisotopic (exact) mass is 290 g/mol. The van der Waals surface area contributed by atoms with Crippen molar-refractivity contribution in [2.24, 2.45) is 5.10 Å². The number of amides is 1. The Morgan fingerprint density at radius 1 is 1.29 bits per heavy atom. The topological polar surface area (TPSA) is 68.2 Å². The zero-order chi connectivity index (χ0) is 15.1. The van der Waals surface area contributed by atoms with Gasteiger partial charge in [-0.1, -0.05) is 0 Å². The summed E-state index contributed by atoms with van der Waals surface area (Å²) in [4.78, 5) is 16.3. The van der Waals surface area contributed by atoms with Gasteiger partial charge in [-0.3, -0.25) is 4.79 Å². The normalized spacial score (nSPS) is 17.2. The molecule has 6 heteroatoms. The first-order chi connectivity index (χ1) is 10.1. The van der Waals surface area contributed by atoms with Crippen molar-refractivity contribution in [2.45, 2.75) is 6.42 Å². The fraction of sp³-hybridized carbons (Fsp3) is 0.467. The van der Waals surface area contributed by atoms with Crippen molar-refractivity contribution in [1.82, 2.24) is 15.2 Å².